The highest BCUT2D eigenvalue weighted by Gasteiger charge is 2.47. The molecule has 2 heterocycles. The Balaban J connectivity index is 2.07. The number of benzene rings is 1. The predicted molar refractivity (Wildman–Crippen MR) is 77.9 cm³/mol. The van der Waals surface area contributed by atoms with E-state index >= 15 is 0 Å². The third-order valence-corrected chi connectivity index (χ3v) is 4.13. The van der Waals surface area contributed by atoms with Gasteiger partial charge in [-0.1, -0.05) is 25.1 Å². The van der Waals surface area contributed by atoms with E-state index in [4.69, 9.17) is 4.74 Å². The van der Waals surface area contributed by atoms with Gasteiger partial charge in [-0.3, -0.25) is 9.69 Å². The summed E-state index contributed by atoms with van der Waals surface area (Å²) in [4.78, 5) is 14.7. The lowest BCUT2D eigenvalue weighted by Gasteiger charge is -2.43. The molecule has 1 N–H and O–H groups in total. The zero-order valence-electron chi connectivity index (χ0n) is 12.3. The van der Waals surface area contributed by atoms with Crippen molar-refractivity contribution in [2.45, 2.75) is 39.5 Å². The van der Waals surface area contributed by atoms with Gasteiger partial charge in [-0.25, -0.2) is 0 Å². The van der Waals surface area contributed by atoms with Crippen LogP contribution in [-0.2, 0) is 9.53 Å². The molecule has 1 aromatic rings. The Morgan fingerprint density at radius 3 is 2.50 bits per heavy atom. The first-order valence-corrected chi connectivity index (χ1v) is 7.00. The Morgan fingerprint density at radius 1 is 1.20 bits per heavy atom. The molecule has 4 nitrogen and oxygen atoms in total. The second kappa shape index (κ2) is 4.27. The van der Waals surface area contributed by atoms with Gasteiger partial charge in [-0.2, -0.15) is 0 Å². The van der Waals surface area contributed by atoms with Crippen molar-refractivity contribution in [3.8, 4) is 0 Å². The smallest absolute Gasteiger partial charge is 0.261 e. The van der Waals surface area contributed by atoms with E-state index in [2.05, 4.69) is 5.32 Å². The number of carbonyl (C=O) groups is 1. The van der Waals surface area contributed by atoms with Crippen LogP contribution in [0.1, 0.15) is 27.7 Å². The number of ether oxygens (including phenoxy) is 1. The third-order valence-electron chi connectivity index (χ3n) is 4.13. The van der Waals surface area contributed by atoms with Crippen molar-refractivity contribution in [1.29, 1.82) is 0 Å². The number of amides is 1. The molecular weight excluding hydrogens is 252 g/mol. The summed E-state index contributed by atoms with van der Waals surface area (Å²) in [6.07, 6.45) is 0.0305. The zero-order chi connectivity index (χ0) is 14.5. The Hall–Kier alpha value is -1.97. The molecule has 2 aliphatic heterocycles. The molecule has 0 radical (unpaired) electrons. The van der Waals surface area contributed by atoms with Gasteiger partial charge >= 0.3 is 0 Å². The second-order valence-corrected chi connectivity index (χ2v) is 6.01. The quantitative estimate of drug-likeness (QED) is 0.854. The van der Waals surface area contributed by atoms with Gasteiger partial charge in [0.15, 0.2) is 5.88 Å². The van der Waals surface area contributed by atoms with Gasteiger partial charge in [0.05, 0.1) is 5.57 Å². The molecule has 0 spiro atoms. The number of para-hydroxylation sites is 1. The molecular formula is C16H20N2O2. The van der Waals surface area contributed by atoms with Crippen molar-refractivity contribution in [3.05, 3.63) is 41.8 Å². The molecule has 3 rings (SSSR count). The zero-order valence-corrected chi connectivity index (χ0v) is 12.3. The van der Waals surface area contributed by atoms with Crippen LogP contribution in [0.2, 0.25) is 0 Å². The fourth-order valence-corrected chi connectivity index (χ4v) is 2.91. The van der Waals surface area contributed by atoms with Crippen molar-refractivity contribution >= 4 is 11.6 Å². The van der Waals surface area contributed by atoms with E-state index in [0.29, 0.717) is 5.88 Å². The highest BCUT2D eigenvalue weighted by Crippen LogP contribution is 2.38. The molecule has 0 bridgehead atoms. The van der Waals surface area contributed by atoms with Gasteiger partial charge in [-0.05, 0) is 32.9 Å². The molecule has 1 amide bonds. The first-order valence-electron chi connectivity index (χ1n) is 7.00. The van der Waals surface area contributed by atoms with Crippen LogP contribution in [0.15, 0.2) is 41.8 Å². The Bertz CT molecular complexity index is 577. The van der Waals surface area contributed by atoms with Crippen molar-refractivity contribution in [2.24, 2.45) is 5.92 Å². The van der Waals surface area contributed by atoms with Crippen LogP contribution >= 0.6 is 0 Å². The normalized spacial score (nSPS) is 28.0. The van der Waals surface area contributed by atoms with E-state index in [9.17, 15) is 4.79 Å². The molecule has 1 aromatic carbocycles. The molecule has 0 fully saturated rings. The number of hydrogen-bond acceptors (Lipinski definition) is 3. The third kappa shape index (κ3) is 1.79. The largest absolute Gasteiger partial charge is 0.475 e. The van der Waals surface area contributed by atoms with Crippen LogP contribution in [0.25, 0.3) is 0 Å². The first kappa shape index (κ1) is 13.0. The minimum atomic E-state index is -0.513. The van der Waals surface area contributed by atoms with Gasteiger partial charge in [0.25, 0.3) is 5.91 Å². The van der Waals surface area contributed by atoms with E-state index in [1.54, 1.807) is 0 Å². The fourth-order valence-electron chi connectivity index (χ4n) is 2.91. The van der Waals surface area contributed by atoms with Crippen LogP contribution in [0.5, 0.6) is 0 Å². The summed E-state index contributed by atoms with van der Waals surface area (Å²) >= 11 is 0. The summed E-state index contributed by atoms with van der Waals surface area (Å²) in [6.45, 7) is 8.00. The summed E-state index contributed by atoms with van der Waals surface area (Å²) in [5.74, 6) is 0.784. The highest BCUT2D eigenvalue weighted by atomic mass is 16.5. The van der Waals surface area contributed by atoms with Gasteiger partial charge in [0.1, 0.15) is 11.8 Å². The lowest BCUT2D eigenvalue weighted by molar-refractivity contribution is -0.117. The van der Waals surface area contributed by atoms with E-state index in [-0.39, 0.29) is 17.9 Å². The number of nitrogens with zero attached hydrogens (tertiary/aromatic N) is 1. The minimum Gasteiger partial charge on any atom is -0.475 e. The number of carbonyl (C=O) groups excluding carboxylic acids is 1. The number of hydrogen-bond donors (Lipinski definition) is 1. The summed E-state index contributed by atoms with van der Waals surface area (Å²) in [7, 11) is 0. The van der Waals surface area contributed by atoms with Crippen molar-refractivity contribution in [2.75, 3.05) is 4.90 Å². The van der Waals surface area contributed by atoms with E-state index in [1.165, 1.54) is 0 Å². The van der Waals surface area contributed by atoms with Crippen molar-refractivity contribution < 1.29 is 9.53 Å². The molecule has 2 aliphatic rings. The standard InChI is InChI=1S/C16H20N2O2/c1-10-11(2)20-14-13(10)15(19)18(16(3,4)17-14)12-8-6-5-7-9-12/h5-11,17H,1-4H3. The average Bonchev–Trinajstić information content (AvgIpc) is 2.64. The summed E-state index contributed by atoms with van der Waals surface area (Å²) < 4.78 is 5.79. The molecule has 0 aliphatic carbocycles. The number of anilines is 1. The molecule has 4 heteroatoms. The van der Waals surface area contributed by atoms with Gasteiger partial charge < -0.3 is 10.1 Å². The van der Waals surface area contributed by atoms with Crippen LogP contribution in [0.3, 0.4) is 0 Å². The van der Waals surface area contributed by atoms with E-state index in [1.807, 2.05) is 62.9 Å². The van der Waals surface area contributed by atoms with E-state index < -0.39 is 5.66 Å². The Morgan fingerprint density at radius 2 is 1.85 bits per heavy atom. The van der Waals surface area contributed by atoms with E-state index in [0.717, 1.165) is 11.3 Å². The molecule has 20 heavy (non-hydrogen) atoms. The average molecular weight is 272 g/mol. The van der Waals surface area contributed by atoms with Crippen molar-refractivity contribution in [3.63, 3.8) is 0 Å². The Kier molecular flexibility index (Phi) is 2.78. The lowest BCUT2D eigenvalue weighted by atomic mass is 9.94. The van der Waals surface area contributed by atoms with Gasteiger partial charge in [0.2, 0.25) is 0 Å². The topological polar surface area (TPSA) is 41.6 Å². The summed E-state index contributed by atoms with van der Waals surface area (Å²) in [5.41, 5.74) is 1.13. The molecule has 0 saturated carbocycles. The minimum absolute atomic E-state index is 0.0305. The van der Waals surface area contributed by atoms with Crippen LogP contribution in [0, 0.1) is 5.92 Å². The maximum absolute atomic E-state index is 12.9. The molecule has 0 aromatic heterocycles. The molecule has 106 valence electrons. The summed E-state index contributed by atoms with van der Waals surface area (Å²) in [6, 6.07) is 9.75. The lowest BCUT2D eigenvalue weighted by Crippen LogP contribution is -2.61. The maximum atomic E-state index is 12.9. The molecule has 0 saturated heterocycles. The van der Waals surface area contributed by atoms with Gasteiger partial charge in [-0.15, -0.1) is 0 Å². The number of rotatable bonds is 1. The number of nitrogens with one attached hydrogen (secondary N) is 1. The first-order chi connectivity index (χ1) is 9.42. The maximum Gasteiger partial charge on any atom is 0.261 e. The van der Waals surface area contributed by atoms with Crippen LogP contribution < -0.4 is 10.2 Å². The monoisotopic (exact) mass is 272 g/mol. The van der Waals surface area contributed by atoms with Gasteiger partial charge in [0, 0.05) is 11.6 Å². The van der Waals surface area contributed by atoms with Crippen LogP contribution in [0.4, 0.5) is 5.69 Å². The molecule has 2 unspecified atom stereocenters. The SMILES string of the molecule is CC1OC2=C(C(=O)N(c3ccccc3)C(C)(C)N2)C1C. The predicted octanol–water partition coefficient (Wildman–Crippen LogP) is 2.63. The Labute approximate surface area is 119 Å². The van der Waals surface area contributed by atoms with Crippen LogP contribution in [-0.4, -0.2) is 17.7 Å². The highest BCUT2D eigenvalue weighted by molar-refractivity contribution is 6.08. The summed E-state index contributed by atoms with van der Waals surface area (Å²) in [5, 5.41) is 3.36. The fraction of sp³-hybridized carbons (Fsp3) is 0.438. The second-order valence-electron chi connectivity index (χ2n) is 6.01. The van der Waals surface area contributed by atoms with Crippen molar-refractivity contribution in [1.82, 2.24) is 5.32 Å². The molecule has 2 atom stereocenters.